The summed E-state index contributed by atoms with van der Waals surface area (Å²) in [6.45, 7) is 2.17. The summed E-state index contributed by atoms with van der Waals surface area (Å²) in [4.78, 5) is 0. The van der Waals surface area contributed by atoms with E-state index in [0.717, 1.165) is 24.1 Å². The van der Waals surface area contributed by atoms with Gasteiger partial charge in [-0.1, -0.05) is 6.07 Å². The highest BCUT2D eigenvalue weighted by Crippen LogP contribution is 2.27. The van der Waals surface area contributed by atoms with E-state index >= 15 is 0 Å². The minimum Gasteiger partial charge on any atom is -0.492 e. The van der Waals surface area contributed by atoms with Gasteiger partial charge in [-0.15, -0.1) is 0 Å². The third-order valence-electron chi connectivity index (χ3n) is 2.74. The van der Waals surface area contributed by atoms with E-state index in [1.807, 2.05) is 18.2 Å². The molecule has 92 valence electrons. The lowest BCUT2D eigenvalue weighted by Crippen LogP contribution is -2.17. The molecule has 1 fully saturated rings. The molecule has 1 aliphatic heterocycles. The van der Waals surface area contributed by atoms with Crippen molar-refractivity contribution < 1.29 is 9.47 Å². The number of nitrogens with one attached hydrogen (secondary N) is 1. The highest BCUT2D eigenvalue weighted by molar-refractivity contribution is 9.10. The summed E-state index contributed by atoms with van der Waals surface area (Å²) >= 11 is 3.38. The van der Waals surface area contributed by atoms with Gasteiger partial charge in [0.2, 0.25) is 0 Å². The van der Waals surface area contributed by atoms with Gasteiger partial charge in [0.05, 0.1) is 18.8 Å². The van der Waals surface area contributed by atoms with Gasteiger partial charge in [-0.25, -0.2) is 0 Å². The van der Waals surface area contributed by atoms with Crippen molar-refractivity contribution in [3.8, 4) is 5.75 Å². The van der Waals surface area contributed by atoms with Crippen molar-refractivity contribution in [3.63, 3.8) is 0 Å². The van der Waals surface area contributed by atoms with Gasteiger partial charge in [0.15, 0.2) is 0 Å². The first-order chi connectivity index (χ1) is 8.18. The van der Waals surface area contributed by atoms with Crippen molar-refractivity contribution in [3.05, 3.63) is 28.2 Å². The van der Waals surface area contributed by atoms with E-state index in [-0.39, 0.29) is 5.84 Å². The van der Waals surface area contributed by atoms with Crippen molar-refractivity contribution in [1.29, 1.82) is 5.41 Å². The third kappa shape index (κ3) is 2.98. The lowest BCUT2D eigenvalue weighted by molar-refractivity contribution is 0.167. The van der Waals surface area contributed by atoms with Crippen molar-refractivity contribution in [1.82, 2.24) is 0 Å². The Bertz CT molecular complexity index is 417. The van der Waals surface area contributed by atoms with E-state index in [0.29, 0.717) is 23.8 Å². The summed E-state index contributed by atoms with van der Waals surface area (Å²) in [6, 6.07) is 5.55. The first-order valence-corrected chi connectivity index (χ1v) is 6.31. The van der Waals surface area contributed by atoms with Crippen LogP contribution >= 0.6 is 15.9 Å². The summed E-state index contributed by atoms with van der Waals surface area (Å²) in [7, 11) is 0. The van der Waals surface area contributed by atoms with Crippen LogP contribution in [0.3, 0.4) is 0 Å². The number of nitrogen functional groups attached to an aromatic ring is 1. The Labute approximate surface area is 109 Å². The van der Waals surface area contributed by atoms with Crippen LogP contribution in [0.1, 0.15) is 12.0 Å². The van der Waals surface area contributed by atoms with Gasteiger partial charge in [0.25, 0.3) is 0 Å². The molecule has 2 rings (SSSR count). The molecule has 1 aromatic rings. The van der Waals surface area contributed by atoms with E-state index in [4.69, 9.17) is 20.6 Å². The molecule has 1 unspecified atom stereocenters. The van der Waals surface area contributed by atoms with Gasteiger partial charge in [0, 0.05) is 17.0 Å². The Kier molecular flexibility index (Phi) is 4.02. The average Bonchev–Trinajstić information content (AvgIpc) is 2.78. The van der Waals surface area contributed by atoms with Crippen LogP contribution in [0, 0.1) is 11.3 Å². The molecule has 3 N–H and O–H groups in total. The molecule has 0 amide bonds. The highest BCUT2D eigenvalue weighted by atomic mass is 79.9. The minimum atomic E-state index is 0.00940. The highest BCUT2D eigenvalue weighted by Gasteiger charge is 2.18. The number of halogens is 1. The molecule has 0 aromatic heterocycles. The molecule has 4 nitrogen and oxygen atoms in total. The fraction of sp³-hybridized carbons (Fsp3) is 0.417. The average molecular weight is 299 g/mol. The normalized spacial score (nSPS) is 19.2. The first-order valence-electron chi connectivity index (χ1n) is 5.52. The molecule has 17 heavy (non-hydrogen) atoms. The standard InChI is InChI=1S/C12H15BrN2O2/c13-9-2-1-3-10(11(9)12(14)15)17-7-8-4-5-16-6-8/h1-3,8H,4-7H2,(H3,14,15). The maximum atomic E-state index is 7.55. The van der Waals surface area contributed by atoms with Gasteiger partial charge in [-0.2, -0.15) is 0 Å². The summed E-state index contributed by atoms with van der Waals surface area (Å²) in [5, 5.41) is 7.55. The molecule has 1 aliphatic rings. The summed E-state index contributed by atoms with van der Waals surface area (Å²) < 4.78 is 11.8. The van der Waals surface area contributed by atoms with Crippen molar-refractivity contribution in [2.45, 2.75) is 6.42 Å². The molecule has 1 aromatic carbocycles. The zero-order chi connectivity index (χ0) is 12.3. The van der Waals surface area contributed by atoms with Gasteiger partial charge in [-0.3, -0.25) is 5.41 Å². The summed E-state index contributed by atoms with van der Waals surface area (Å²) in [5.74, 6) is 1.10. The zero-order valence-corrected chi connectivity index (χ0v) is 11.0. The Morgan fingerprint density at radius 1 is 1.59 bits per heavy atom. The Balaban J connectivity index is 2.09. The van der Waals surface area contributed by atoms with E-state index in [1.54, 1.807) is 0 Å². The van der Waals surface area contributed by atoms with Crippen LogP contribution in [-0.2, 0) is 4.74 Å². The molecule has 0 radical (unpaired) electrons. The Morgan fingerprint density at radius 2 is 2.41 bits per heavy atom. The van der Waals surface area contributed by atoms with Crippen LogP contribution in [0.25, 0.3) is 0 Å². The van der Waals surface area contributed by atoms with E-state index in [2.05, 4.69) is 15.9 Å². The van der Waals surface area contributed by atoms with Crippen molar-refractivity contribution in [2.24, 2.45) is 11.7 Å². The van der Waals surface area contributed by atoms with E-state index < -0.39 is 0 Å². The summed E-state index contributed by atoms with van der Waals surface area (Å²) in [5.41, 5.74) is 6.16. The topological polar surface area (TPSA) is 68.3 Å². The van der Waals surface area contributed by atoms with Crippen LogP contribution in [0.5, 0.6) is 5.75 Å². The Hall–Kier alpha value is -1.07. The van der Waals surface area contributed by atoms with E-state index in [1.165, 1.54) is 0 Å². The van der Waals surface area contributed by atoms with Gasteiger partial charge in [0.1, 0.15) is 11.6 Å². The largest absolute Gasteiger partial charge is 0.492 e. The molecule has 5 heteroatoms. The molecule has 1 heterocycles. The number of nitrogens with two attached hydrogens (primary N) is 1. The van der Waals surface area contributed by atoms with Crippen LogP contribution in [0.4, 0.5) is 0 Å². The molecule has 0 bridgehead atoms. The van der Waals surface area contributed by atoms with Gasteiger partial charge in [-0.05, 0) is 34.5 Å². The number of benzene rings is 1. The van der Waals surface area contributed by atoms with Crippen molar-refractivity contribution >= 4 is 21.8 Å². The predicted octanol–water partition coefficient (Wildman–Crippen LogP) is 2.15. The maximum absolute atomic E-state index is 7.55. The maximum Gasteiger partial charge on any atom is 0.131 e. The van der Waals surface area contributed by atoms with Crippen LogP contribution in [0.15, 0.2) is 22.7 Å². The second-order valence-corrected chi connectivity index (χ2v) is 4.92. The molecule has 1 atom stereocenters. The minimum absolute atomic E-state index is 0.00940. The molecule has 0 aliphatic carbocycles. The lowest BCUT2D eigenvalue weighted by Gasteiger charge is -2.14. The quantitative estimate of drug-likeness (QED) is 0.661. The molecule has 0 saturated carbocycles. The molecular weight excluding hydrogens is 284 g/mol. The number of amidine groups is 1. The Morgan fingerprint density at radius 3 is 3.06 bits per heavy atom. The number of hydrogen-bond donors (Lipinski definition) is 2. The SMILES string of the molecule is N=C(N)c1c(Br)cccc1OCC1CCOC1. The van der Waals surface area contributed by atoms with Crippen LogP contribution < -0.4 is 10.5 Å². The lowest BCUT2D eigenvalue weighted by atomic mass is 10.1. The molecular formula is C12H15BrN2O2. The van der Waals surface area contributed by atoms with E-state index in [9.17, 15) is 0 Å². The zero-order valence-electron chi connectivity index (χ0n) is 9.41. The second-order valence-electron chi connectivity index (χ2n) is 4.07. The van der Waals surface area contributed by atoms with Gasteiger partial charge >= 0.3 is 0 Å². The molecule has 1 saturated heterocycles. The number of rotatable bonds is 4. The van der Waals surface area contributed by atoms with Crippen LogP contribution in [-0.4, -0.2) is 25.7 Å². The number of hydrogen-bond acceptors (Lipinski definition) is 3. The fourth-order valence-corrected chi connectivity index (χ4v) is 2.37. The first kappa shape index (κ1) is 12.4. The summed E-state index contributed by atoms with van der Waals surface area (Å²) in [6.07, 6.45) is 1.03. The fourth-order valence-electron chi connectivity index (χ4n) is 1.81. The number of ether oxygens (including phenoxy) is 2. The van der Waals surface area contributed by atoms with Crippen LogP contribution in [0.2, 0.25) is 0 Å². The smallest absolute Gasteiger partial charge is 0.131 e. The second kappa shape index (κ2) is 5.51. The predicted molar refractivity (Wildman–Crippen MR) is 69.6 cm³/mol. The van der Waals surface area contributed by atoms with Gasteiger partial charge < -0.3 is 15.2 Å². The molecule has 0 spiro atoms. The monoisotopic (exact) mass is 298 g/mol. The van der Waals surface area contributed by atoms with Crippen molar-refractivity contribution in [2.75, 3.05) is 19.8 Å². The third-order valence-corrected chi connectivity index (χ3v) is 3.40.